The second-order valence-electron chi connectivity index (χ2n) is 18.4. The molecule has 57 heavy (non-hydrogen) atoms. The summed E-state index contributed by atoms with van der Waals surface area (Å²) >= 11 is 0. The van der Waals surface area contributed by atoms with E-state index in [4.69, 9.17) is 14.2 Å². The number of rotatable bonds is 45. The predicted molar refractivity (Wildman–Crippen MR) is 243 cm³/mol. The van der Waals surface area contributed by atoms with Crippen LogP contribution in [0.4, 0.5) is 0 Å². The fraction of sp³-hybridized carbons (Fsp3) is 0.941. The fourth-order valence-corrected chi connectivity index (χ4v) is 7.64. The highest BCUT2D eigenvalue weighted by Crippen LogP contribution is 2.17. The summed E-state index contributed by atoms with van der Waals surface area (Å²) in [5.41, 5.74) is 0. The average Bonchev–Trinajstić information content (AvgIpc) is 3.18. The third kappa shape index (κ3) is 45.3. The van der Waals surface area contributed by atoms with E-state index in [9.17, 15) is 14.4 Å². The van der Waals surface area contributed by atoms with Gasteiger partial charge in [-0.1, -0.05) is 240 Å². The summed E-state index contributed by atoms with van der Waals surface area (Å²) < 4.78 is 16.7. The summed E-state index contributed by atoms with van der Waals surface area (Å²) in [5, 5.41) is 0. The summed E-state index contributed by atoms with van der Waals surface area (Å²) in [6.07, 6.45) is 43.9. The van der Waals surface area contributed by atoms with Crippen LogP contribution in [0.3, 0.4) is 0 Å². The van der Waals surface area contributed by atoms with Crippen LogP contribution in [0.15, 0.2) is 0 Å². The van der Waals surface area contributed by atoms with Gasteiger partial charge in [0.1, 0.15) is 13.2 Å². The number of unbranched alkanes of at least 4 members (excludes halogenated alkanes) is 30. The fourth-order valence-electron chi connectivity index (χ4n) is 7.64. The van der Waals surface area contributed by atoms with Crippen molar-refractivity contribution in [3.05, 3.63) is 0 Å². The Morgan fingerprint density at radius 3 is 0.860 bits per heavy atom. The van der Waals surface area contributed by atoms with Gasteiger partial charge in [-0.3, -0.25) is 14.4 Å². The van der Waals surface area contributed by atoms with Crippen molar-refractivity contribution in [1.82, 2.24) is 0 Å². The quantitative estimate of drug-likeness (QED) is 0.0346. The third-order valence-electron chi connectivity index (χ3n) is 11.5. The first-order chi connectivity index (χ1) is 27.7. The van der Waals surface area contributed by atoms with E-state index in [1.165, 1.54) is 167 Å². The topological polar surface area (TPSA) is 78.9 Å². The molecule has 0 saturated carbocycles. The molecule has 338 valence electrons. The molecule has 0 spiro atoms. The molecule has 6 nitrogen and oxygen atoms in total. The molecule has 0 aliphatic heterocycles. The number of carbonyl (C=O) groups is 3. The van der Waals surface area contributed by atoms with Crippen LogP contribution in [0.25, 0.3) is 0 Å². The van der Waals surface area contributed by atoms with Gasteiger partial charge in [0.25, 0.3) is 0 Å². The van der Waals surface area contributed by atoms with Crippen LogP contribution < -0.4 is 0 Å². The number of carbonyl (C=O) groups excluding carboxylic acids is 3. The second-order valence-corrected chi connectivity index (χ2v) is 18.4. The van der Waals surface area contributed by atoms with Crippen molar-refractivity contribution in [2.75, 3.05) is 13.2 Å². The minimum absolute atomic E-state index is 0.0643. The number of esters is 3. The van der Waals surface area contributed by atoms with E-state index in [-0.39, 0.29) is 31.1 Å². The molecule has 0 amide bonds. The molecule has 0 aromatic heterocycles. The van der Waals surface area contributed by atoms with Gasteiger partial charge in [0.05, 0.1) is 0 Å². The number of hydrogen-bond donors (Lipinski definition) is 0. The zero-order chi connectivity index (χ0) is 41.9. The lowest BCUT2D eigenvalue weighted by Gasteiger charge is -2.18. The third-order valence-corrected chi connectivity index (χ3v) is 11.5. The minimum atomic E-state index is -0.760. The van der Waals surface area contributed by atoms with Crippen LogP contribution in [0.5, 0.6) is 0 Å². The summed E-state index contributed by atoms with van der Waals surface area (Å²) in [5.74, 6) is 0.822. The Bertz CT molecular complexity index is 870. The zero-order valence-electron chi connectivity index (χ0n) is 39.0. The molecular formula is C51H98O6. The van der Waals surface area contributed by atoms with Crippen LogP contribution in [0, 0.1) is 11.8 Å². The Labute approximate surface area is 355 Å². The summed E-state index contributed by atoms with van der Waals surface area (Å²) in [7, 11) is 0. The van der Waals surface area contributed by atoms with Gasteiger partial charge >= 0.3 is 17.9 Å². The molecular weight excluding hydrogens is 709 g/mol. The van der Waals surface area contributed by atoms with Crippen molar-refractivity contribution in [3.8, 4) is 0 Å². The number of hydrogen-bond acceptors (Lipinski definition) is 6. The Morgan fingerprint density at radius 1 is 0.333 bits per heavy atom. The maximum absolute atomic E-state index is 12.6. The lowest BCUT2D eigenvalue weighted by molar-refractivity contribution is -0.167. The van der Waals surface area contributed by atoms with Gasteiger partial charge in [0, 0.05) is 19.3 Å². The molecule has 0 unspecified atom stereocenters. The van der Waals surface area contributed by atoms with Crippen molar-refractivity contribution in [3.63, 3.8) is 0 Å². The lowest BCUT2D eigenvalue weighted by Crippen LogP contribution is -2.30. The van der Waals surface area contributed by atoms with E-state index < -0.39 is 6.10 Å². The van der Waals surface area contributed by atoms with E-state index in [2.05, 4.69) is 34.6 Å². The summed E-state index contributed by atoms with van der Waals surface area (Å²) in [4.78, 5) is 37.7. The Kier molecular flexibility index (Phi) is 42.7. The van der Waals surface area contributed by atoms with Gasteiger partial charge in [0.2, 0.25) is 0 Å². The molecule has 0 bridgehead atoms. The first-order valence-corrected chi connectivity index (χ1v) is 25.2. The molecule has 6 heteroatoms. The molecule has 0 saturated heterocycles. The molecule has 1 atom stereocenters. The van der Waals surface area contributed by atoms with Gasteiger partial charge in [-0.05, 0) is 31.1 Å². The SMILES string of the molecule is CCCCCCCCCC(=O)O[C@@H](COC(=O)CCCCCCCCCCCCCCCCC(C)C)COC(=O)CCCCCCCCCCCCCCC(C)C. The van der Waals surface area contributed by atoms with Crippen LogP contribution in [-0.2, 0) is 28.6 Å². The summed E-state index contributed by atoms with van der Waals surface area (Å²) in [6.45, 7) is 11.3. The monoisotopic (exact) mass is 807 g/mol. The van der Waals surface area contributed by atoms with E-state index in [0.717, 1.165) is 69.6 Å². The minimum Gasteiger partial charge on any atom is -0.462 e. The van der Waals surface area contributed by atoms with Crippen molar-refractivity contribution in [2.45, 2.75) is 285 Å². The Balaban J connectivity index is 4.17. The smallest absolute Gasteiger partial charge is 0.306 e. The van der Waals surface area contributed by atoms with E-state index >= 15 is 0 Å². The molecule has 0 N–H and O–H groups in total. The molecule has 0 radical (unpaired) electrons. The first kappa shape index (κ1) is 55.4. The highest BCUT2D eigenvalue weighted by molar-refractivity contribution is 5.71. The van der Waals surface area contributed by atoms with E-state index in [1.54, 1.807) is 0 Å². The van der Waals surface area contributed by atoms with Crippen molar-refractivity contribution in [2.24, 2.45) is 11.8 Å². The molecule has 0 heterocycles. The largest absolute Gasteiger partial charge is 0.462 e. The number of ether oxygens (including phenoxy) is 3. The zero-order valence-corrected chi connectivity index (χ0v) is 39.0. The van der Waals surface area contributed by atoms with Gasteiger partial charge in [0.15, 0.2) is 6.10 Å². The maximum atomic E-state index is 12.6. The van der Waals surface area contributed by atoms with E-state index in [0.29, 0.717) is 19.3 Å². The molecule has 0 aliphatic rings. The lowest BCUT2D eigenvalue weighted by atomic mass is 10.0. The van der Waals surface area contributed by atoms with Gasteiger partial charge in [-0.25, -0.2) is 0 Å². The van der Waals surface area contributed by atoms with Crippen LogP contribution in [0.1, 0.15) is 279 Å². The Morgan fingerprint density at radius 2 is 0.579 bits per heavy atom. The van der Waals surface area contributed by atoms with Crippen LogP contribution in [0.2, 0.25) is 0 Å². The van der Waals surface area contributed by atoms with Crippen molar-refractivity contribution >= 4 is 17.9 Å². The van der Waals surface area contributed by atoms with E-state index in [1.807, 2.05) is 0 Å². The standard InChI is InChI=1S/C51H98O6/c1-6-7-8-9-24-33-38-43-51(54)57-48(45-56-50(53)42-37-32-28-23-19-15-14-17-21-26-30-35-40-47(4)5)44-55-49(52)41-36-31-27-22-18-13-11-10-12-16-20-25-29-34-39-46(2)3/h46-48H,6-45H2,1-5H3/t48-/m0/s1. The molecule has 0 aromatic carbocycles. The molecule has 0 rings (SSSR count). The highest BCUT2D eigenvalue weighted by atomic mass is 16.6. The molecule has 0 aromatic rings. The highest BCUT2D eigenvalue weighted by Gasteiger charge is 2.19. The van der Waals surface area contributed by atoms with Gasteiger partial charge in [-0.2, -0.15) is 0 Å². The second kappa shape index (κ2) is 44.0. The maximum Gasteiger partial charge on any atom is 0.306 e. The van der Waals surface area contributed by atoms with Gasteiger partial charge < -0.3 is 14.2 Å². The van der Waals surface area contributed by atoms with Crippen molar-refractivity contribution < 1.29 is 28.6 Å². The molecule has 0 aliphatic carbocycles. The van der Waals surface area contributed by atoms with Crippen molar-refractivity contribution in [1.29, 1.82) is 0 Å². The van der Waals surface area contributed by atoms with Crippen LogP contribution in [-0.4, -0.2) is 37.2 Å². The van der Waals surface area contributed by atoms with Crippen LogP contribution >= 0.6 is 0 Å². The van der Waals surface area contributed by atoms with Gasteiger partial charge in [-0.15, -0.1) is 0 Å². The Hall–Kier alpha value is -1.59. The molecule has 0 fully saturated rings. The predicted octanol–water partition coefficient (Wildman–Crippen LogP) is 16.1. The first-order valence-electron chi connectivity index (χ1n) is 25.2. The average molecular weight is 807 g/mol. The summed E-state index contributed by atoms with van der Waals surface area (Å²) in [6, 6.07) is 0. The normalized spacial score (nSPS) is 12.1.